The van der Waals surface area contributed by atoms with Crippen LogP contribution in [-0.2, 0) is 4.74 Å². The van der Waals surface area contributed by atoms with Crippen LogP contribution in [0, 0.1) is 0 Å². The molecule has 1 aromatic rings. The Morgan fingerprint density at radius 2 is 2.18 bits per heavy atom. The van der Waals surface area contributed by atoms with E-state index in [0.717, 1.165) is 0 Å². The van der Waals surface area contributed by atoms with Gasteiger partial charge in [-0.15, -0.1) is 0 Å². The molecule has 0 aromatic heterocycles. The number of hydrogen-bond acceptors (Lipinski definition) is 4. The Kier molecular flexibility index (Phi) is 5.29. The fraction of sp³-hybridized carbons (Fsp3) is 0.417. The molecule has 3 N–H and O–H groups in total. The largest absolute Gasteiger partial charge is 0.493 e. The van der Waals surface area contributed by atoms with Crippen LogP contribution in [0.15, 0.2) is 18.2 Å². The molecule has 94 valence electrons. The zero-order valence-electron chi connectivity index (χ0n) is 9.81. The third-order valence-electron chi connectivity index (χ3n) is 2.13. The molecule has 0 amide bonds. The van der Waals surface area contributed by atoms with Crippen LogP contribution in [0.25, 0.3) is 0 Å². The molecule has 0 radical (unpaired) electrons. The fourth-order valence-corrected chi connectivity index (χ4v) is 1.32. The summed E-state index contributed by atoms with van der Waals surface area (Å²) in [7, 11) is 0. The lowest BCUT2D eigenvalue weighted by atomic mass is 10.2. The van der Waals surface area contributed by atoms with Crippen molar-refractivity contribution in [2.45, 2.75) is 13.3 Å². The van der Waals surface area contributed by atoms with Crippen molar-refractivity contribution in [2.24, 2.45) is 0 Å². The van der Waals surface area contributed by atoms with Gasteiger partial charge in [-0.3, -0.25) is 0 Å². The maximum absolute atomic E-state index is 10.9. The van der Waals surface area contributed by atoms with E-state index in [-0.39, 0.29) is 5.56 Å². The molecule has 0 atom stereocenters. The third kappa shape index (κ3) is 4.32. The minimum atomic E-state index is -1.02. The highest BCUT2D eigenvalue weighted by molar-refractivity contribution is 5.91. The molecule has 0 saturated carbocycles. The van der Waals surface area contributed by atoms with Crippen molar-refractivity contribution < 1.29 is 19.4 Å². The first-order valence-electron chi connectivity index (χ1n) is 5.48. The fourth-order valence-electron chi connectivity index (χ4n) is 1.32. The Hall–Kier alpha value is -1.75. The molecule has 0 saturated heterocycles. The number of aromatic carboxylic acids is 1. The predicted molar refractivity (Wildman–Crippen MR) is 64.4 cm³/mol. The summed E-state index contributed by atoms with van der Waals surface area (Å²) in [6.45, 7) is 3.59. The number of ether oxygens (including phenoxy) is 2. The Morgan fingerprint density at radius 1 is 1.41 bits per heavy atom. The average Bonchev–Trinajstić information content (AvgIpc) is 2.28. The third-order valence-corrected chi connectivity index (χ3v) is 2.13. The normalized spacial score (nSPS) is 10.2. The van der Waals surface area contributed by atoms with Gasteiger partial charge in [0.05, 0.1) is 6.61 Å². The molecule has 0 unspecified atom stereocenters. The van der Waals surface area contributed by atoms with Gasteiger partial charge < -0.3 is 20.3 Å². The second-order valence-corrected chi connectivity index (χ2v) is 3.46. The Bertz CT molecular complexity index is 379. The average molecular weight is 239 g/mol. The lowest BCUT2D eigenvalue weighted by Crippen LogP contribution is -2.07. The number of carbonyl (C=O) groups is 1. The molecule has 17 heavy (non-hydrogen) atoms. The van der Waals surface area contributed by atoms with E-state index in [1.807, 2.05) is 6.92 Å². The molecule has 0 fully saturated rings. The van der Waals surface area contributed by atoms with E-state index in [9.17, 15) is 4.79 Å². The summed E-state index contributed by atoms with van der Waals surface area (Å²) in [5.74, 6) is -0.723. The Balaban J connectivity index is 2.56. The van der Waals surface area contributed by atoms with Gasteiger partial charge in [-0.1, -0.05) is 0 Å². The molecule has 0 spiro atoms. The summed E-state index contributed by atoms with van der Waals surface area (Å²) >= 11 is 0. The van der Waals surface area contributed by atoms with Gasteiger partial charge in [0.15, 0.2) is 0 Å². The quantitative estimate of drug-likeness (QED) is 0.559. The summed E-state index contributed by atoms with van der Waals surface area (Å²) < 4.78 is 10.5. The number of carboxylic acids is 1. The van der Waals surface area contributed by atoms with Crippen molar-refractivity contribution in [2.75, 3.05) is 25.6 Å². The van der Waals surface area contributed by atoms with Gasteiger partial charge in [0.2, 0.25) is 0 Å². The SMILES string of the molecule is CCOCCCOc1cc(N)ccc1C(=O)O. The number of nitrogen functional groups attached to an aromatic ring is 1. The van der Waals surface area contributed by atoms with Gasteiger partial charge in [-0.2, -0.15) is 0 Å². The highest BCUT2D eigenvalue weighted by Crippen LogP contribution is 2.21. The van der Waals surface area contributed by atoms with E-state index < -0.39 is 5.97 Å². The van der Waals surface area contributed by atoms with Crippen LogP contribution >= 0.6 is 0 Å². The minimum Gasteiger partial charge on any atom is -0.493 e. The van der Waals surface area contributed by atoms with Crippen molar-refractivity contribution in [3.8, 4) is 5.75 Å². The Morgan fingerprint density at radius 3 is 2.82 bits per heavy atom. The van der Waals surface area contributed by atoms with Gasteiger partial charge in [-0.05, 0) is 19.1 Å². The zero-order chi connectivity index (χ0) is 12.7. The van der Waals surface area contributed by atoms with Gasteiger partial charge in [0.1, 0.15) is 11.3 Å². The number of hydrogen-bond donors (Lipinski definition) is 2. The molecule has 0 bridgehead atoms. The van der Waals surface area contributed by atoms with E-state index >= 15 is 0 Å². The molecule has 0 aliphatic rings. The van der Waals surface area contributed by atoms with Crippen LogP contribution < -0.4 is 10.5 Å². The summed E-state index contributed by atoms with van der Waals surface area (Å²) in [6, 6.07) is 4.50. The van der Waals surface area contributed by atoms with Crippen molar-refractivity contribution >= 4 is 11.7 Å². The van der Waals surface area contributed by atoms with Crippen LogP contribution in [0.4, 0.5) is 5.69 Å². The molecular weight excluding hydrogens is 222 g/mol. The summed E-state index contributed by atoms with van der Waals surface area (Å²) in [4.78, 5) is 10.9. The van der Waals surface area contributed by atoms with E-state index in [1.165, 1.54) is 18.2 Å². The smallest absolute Gasteiger partial charge is 0.339 e. The Labute approximate surface area is 100 Å². The highest BCUT2D eigenvalue weighted by atomic mass is 16.5. The van der Waals surface area contributed by atoms with Crippen LogP contribution in [-0.4, -0.2) is 30.9 Å². The van der Waals surface area contributed by atoms with E-state index in [0.29, 0.717) is 37.7 Å². The molecule has 0 aliphatic carbocycles. The standard InChI is InChI=1S/C12H17NO4/c1-2-16-6-3-7-17-11-8-9(13)4-5-10(11)12(14)15/h4-5,8H,2-3,6-7,13H2,1H3,(H,14,15). The number of carboxylic acid groups (broad SMARTS) is 1. The summed E-state index contributed by atoms with van der Waals surface area (Å²) in [5.41, 5.74) is 6.18. The molecule has 1 aromatic carbocycles. The van der Waals surface area contributed by atoms with Gasteiger partial charge in [-0.25, -0.2) is 4.79 Å². The molecule has 5 heteroatoms. The number of anilines is 1. The highest BCUT2D eigenvalue weighted by Gasteiger charge is 2.11. The summed E-state index contributed by atoms with van der Waals surface area (Å²) in [5, 5.41) is 8.95. The molecular formula is C12H17NO4. The molecule has 5 nitrogen and oxygen atoms in total. The topological polar surface area (TPSA) is 81.8 Å². The van der Waals surface area contributed by atoms with Gasteiger partial charge >= 0.3 is 5.97 Å². The van der Waals surface area contributed by atoms with Gasteiger partial charge in [0.25, 0.3) is 0 Å². The zero-order valence-corrected chi connectivity index (χ0v) is 9.81. The first kappa shape index (κ1) is 13.3. The first-order valence-corrected chi connectivity index (χ1v) is 5.48. The van der Waals surface area contributed by atoms with E-state index in [4.69, 9.17) is 20.3 Å². The van der Waals surface area contributed by atoms with Gasteiger partial charge in [0, 0.05) is 31.4 Å². The lowest BCUT2D eigenvalue weighted by molar-refractivity contribution is 0.0691. The van der Waals surface area contributed by atoms with E-state index in [2.05, 4.69) is 0 Å². The maximum Gasteiger partial charge on any atom is 0.339 e. The summed E-state index contributed by atoms with van der Waals surface area (Å²) in [6.07, 6.45) is 0.710. The maximum atomic E-state index is 10.9. The number of nitrogens with two attached hydrogens (primary N) is 1. The lowest BCUT2D eigenvalue weighted by Gasteiger charge is -2.09. The molecule has 1 rings (SSSR count). The predicted octanol–water partition coefficient (Wildman–Crippen LogP) is 1.77. The van der Waals surface area contributed by atoms with Crippen molar-refractivity contribution in [1.29, 1.82) is 0 Å². The minimum absolute atomic E-state index is 0.121. The molecule has 0 aliphatic heterocycles. The molecule has 0 heterocycles. The van der Waals surface area contributed by atoms with E-state index in [1.54, 1.807) is 0 Å². The van der Waals surface area contributed by atoms with Crippen LogP contribution in [0.5, 0.6) is 5.75 Å². The second kappa shape index (κ2) is 6.75. The number of rotatable bonds is 7. The monoisotopic (exact) mass is 239 g/mol. The van der Waals surface area contributed by atoms with Crippen molar-refractivity contribution in [3.05, 3.63) is 23.8 Å². The van der Waals surface area contributed by atoms with Crippen LogP contribution in [0.2, 0.25) is 0 Å². The van der Waals surface area contributed by atoms with Crippen molar-refractivity contribution in [3.63, 3.8) is 0 Å². The first-order chi connectivity index (χ1) is 8.15. The second-order valence-electron chi connectivity index (χ2n) is 3.46. The van der Waals surface area contributed by atoms with Crippen molar-refractivity contribution in [1.82, 2.24) is 0 Å². The van der Waals surface area contributed by atoms with Crippen LogP contribution in [0.1, 0.15) is 23.7 Å². The van der Waals surface area contributed by atoms with Crippen LogP contribution in [0.3, 0.4) is 0 Å². The number of benzene rings is 1.